The molecule has 0 bridgehead atoms. The molecule has 0 aliphatic carbocycles. The topological polar surface area (TPSA) is 54.9 Å². The van der Waals surface area contributed by atoms with Gasteiger partial charge >= 0.3 is 0 Å². The average molecular weight is 353 g/mol. The molecular weight excluding hydrogens is 326 g/mol. The van der Waals surface area contributed by atoms with Gasteiger partial charge in [0.1, 0.15) is 18.1 Å². The highest BCUT2D eigenvalue weighted by Crippen LogP contribution is 2.25. The summed E-state index contributed by atoms with van der Waals surface area (Å²) in [5.74, 6) is 2.72. The molecule has 0 saturated heterocycles. The maximum atomic E-state index is 5.72. The van der Waals surface area contributed by atoms with Crippen molar-refractivity contribution in [1.29, 1.82) is 0 Å². The quantitative estimate of drug-likeness (QED) is 0.457. The van der Waals surface area contributed by atoms with E-state index in [4.69, 9.17) is 9.47 Å². The molecule has 0 amide bonds. The maximum absolute atomic E-state index is 5.72. The van der Waals surface area contributed by atoms with Crippen LogP contribution in [0.4, 0.5) is 0 Å². The summed E-state index contributed by atoms with van der Waals surface area (Å²) in [6.45, 7) is 4.99. The van der Waals surface area contributed by atoms with Gasteiger partial charge in [-0.15, -0.1) is 0 Å². The molecule has 2 aromatic rings. The highest BCUT2D eigenvalue weighted by Gasteiger charge is 2.11. The van der Waals surface area contributed by atoms with E-state index in [9.17, 15) is 0 Å². The highest BCUT2D eigenvalue weighted by molar-refractivity contribution is 5.79. The average Bonchev–Trinajstić information content (AvgIpc) is 3.13. The van der Waals surface area contributed by atoms with Crippen molar-refractivity contribution < 1.29 is 9.47 Å². The first-order valence-electron chi connectivity index (χ1n) is 9.13. The number of aryl methyl sites for hydroxylation is 1. The lowest BCUT2D eigenvalue weighted by Crippen LogP contribution is -2.40. The van der Waals surface area contributed by atoms with Crippen molar-refractivity contribution in [1.82, 2.24) is 10.6 Å². The van der Waals surface area contributed by atoms with Gasteiger partial charge in [0.25, 0.3) is 0 Å². The second-order valence-corrected chi connectivity index (χ2v) is 6.38. The zero-order valence-electron chi connectivity index (χ0n) is 15.5. The number of benzene rings is 2. The summed E-state index contributed by atoms with van der Waals surface area (Å²) in [6.07, 6.45) is 1.97. The summed E-state index contributed by atoms with van der Waals surface area (Å²) >= 11 is 0. The van der Waals surface area contributed by atoms with Crippen molar-refractivity contribution >= 4 is 5.96 Å². The van der Waals surface area contributed by atoms with Crippen molar-refractivity contribution in [3.8, 4) is 11.5 Å². The lowest BCUT2D eigenvalue weighted by Gasteiger charge is -2.13. The number of hydrogen-bond acceptors (Lipinski definition) is 3. The highest BCUT2D eigenvalue weighted by atomic mass is 16.5. The Bertz CT molecular complexity index is 741. The van der Waals surface area contributed by atoms with Gasteiger partial charge < -0.3 is 20.1 Å². The molecular formula is C21H27N3O2. The second kappa shape index (κ2) is 9.13. The third-order valence-corrected chi connectivity index (χ3v) is 4.37. The minimum Gasteiger partial charge on any atom is -0.493 e. The smallest absolute Gasteiger partial charge is 0.191 e. The van der Waals surface area contributed by atoms with Crippen LogP contribution in [0.5, 0.6) is 11.5 Å². The second-order valence-electron chi connectivity index (χ2n) is 6.38. The molecule has 1 heterocycles. The number of guanidine groups is 1. The van der Waals surface area contributed by atoms with Crippen LogP contribution in [0, 0.1) is 6.92 Å². The van der Waals surface area contributed by atoms with E-state index in [1.165, 1.54) is 16.7 Å². The fourth-order valence-electron chi connectivity index (χ4n) is 2.91. The molecule has 0 saturated carbocycles. The number of hydrogen-bond donors (Lipinski definition) is 2. The predicted molar refractivity (Wildman–Crippen MR) is 105 cm³/mol. The molecule has 0 spiro atoms. The first-order valence-corrected chi connectivity index (χ1v) is 9.13. The molecule has 0 unspecified atom stereocenters. The summed E-state index contributed by atoms with van der Waals surface area (Å²) in [4.78, 5) is 4.25. The Hall–Kier alpha value is -2.69. The zero-order chi connectivity index (χ0) is 18.2. The lowest BCUT2D eigenvalue weighted by atomic mass is 10.1. The van der Waals surface area contributed by atoms with Crippen LogP contribution < -0.4 is 20.1 Å². The molecule has 1 aliphatic rings. The van der Waals surface area contributed by atoms with Crippen LogP contribution >= 0.6 is 0 Å². The van der Waals surface area contributed by atoms with Gasteiger partial charge in [-0.05, 0) is 42.7 Å². The molecule has 3 rings (SSSR count). The Morgan fingerprint density at radius 1 is 1.12 bits per heavy atom. The van der Waals surface area contributed by atoms with E-state index < -0.39 is 0 Å². The largest absolute Gasteiger partial charge is 0.493 e. The molecule has 0 atom stereocenters. The van der Waals surface area contributed by atoms with Gasteiger partial charge in [-0.2, -0.15) is 0 Å². The number of nitrogens with zero attached hydrogens (tertiary/aromatic N) is 1. The van der Waals surface area contributed by atoms with Crippen LogP contribution in [-0.2, 0) is 12.8 Å². The third-order valence-electron chi connectivity index (χ3n) is 4.37. The van der Waals surface area contributed by atoms with Crippen molar-refractivity contribution in [3.63, 3.8) is 0 Å². The van der Waals surface area contributed by atoms with E-state index in [0.717, 1.165) is 43.5 Å². The molecule has 138 valence electrons. The van der Waals surface area contributed by atoms with Gasteiger partial charge in [0, 0.05) is 20.0 Å². The molecule has 0 radical (unpaired) electrons. The van der Waals surface area contributed by atoms with Gasteiger partial charge in [-0.3, -0.25) is 4.99 Å². The number of aliphatic imine (C=N–C) groups is 1. The van der Waals surface area contributed by atoms with Crippen LogP contribution in [0.25, 0.3) is 0 Å². The first kappa shape index (κ1) is 18.1. The minimum absolute atomic E-state index is 0.592. The van der Waals surface area contributed by atoms with E-state index in [1.807, 2.05) is 24.3 Å². The van der Waals surface area contributed by atoms with Crippen molar-refractivity contribution in [2.24, 2.45) is 4.99 Å². The maximum Gasteiger partial charge on any atom is 0.191 e. The van der Waals surface area contributed by atoms with E-state index in [2.05, 4.69) is 40.7 Å². The Morgan fingerprint density at radius 3 is 2.73 bits per heavy atom. The van der Waals surface area contributed by atoms with E-state index >= 15 is 0 Å². The number of fused-ring (bicyclic) bond motifs is 1. The number of nitrogens with one attached hydrogen (secondary N) is 2. The molecule has 0 fully saturated rings. The number of rotatable bonds is 7. The molecule has 2 N–H and O–H groups in total. The van der Waals surface area contributed by atoms with Crippen molar-refractivity contribution in [2.75, 3.05) is 33.4 Å². The van der Waals surface area contributed by atoms with Crippen LogP contribution in [0.3, 0.4) is 0 Å². The van der Waals surface area contributed by atoms with Crippen molar-refractivity contribution in [2.45, 2.75) is 19.8 Å². The van der Waals surface area contributed by atoms with Crippen LogP contribution in [0.15, 0.2) is 47.5 Å². The van der Waals surface area contributed by atoms with Gasteiger partial charge in [0.15, 0.2) is 5.96 Å². The van der Waals surface area contributed by atoms with Crippen LogP contribution in [0.1, 0.15) is 16.7 Å². The summed E-state index contributed by atoms with van der Waals surface area (Å²) < 4.78 is 11.3. The normalized spacial score (nSPS) is 13.1. The first-order chi connectivity index (χ1) is 12.7. The summed E-state index contributed by atoms with van der Waals surface area (Å²) in [7, 11) is 1.78. The monoisotopic (exact) mass is 353 g/mol. The van der Waals surface area contributed by atoms with Crippen molar-refractivity contribution in [3.05, 3.63) is 59.2 Å². The molecule has 5 heteroatoms. The third kappa shape index (κ3) is 5.15. The molecule has 2 aromatic carbocycles. The van der Waals surface area contributed by atoms with Gasteiger partial charge in [0.05, 0.1) is 13.2 Å². The molecule has 1 aliphatic heterocycles. The van der Waals surface area contributed by atoms with Gasteiger partial charge in [-0.1, -0.05) is 29.8 Å². The summed E-state index contributed by atoms with van der Waals surface area (Å²) in [5.41, 5.74) is 3.87. The predicted octanol–water partition coefficient (Wildman–Crippen LogP) is 2.72. The summed E-state index contributed by atoms with van der Waals surface area (Å²) in [6, 6.07) is 14.5. The van der Waals surface area contributed by atoms with Crippen LogP contribution in [0.2, 0.25) is 0 Å². The standard InChI is InChI=1S/C21H27N3O2/c1-16-3-6-19(7-4-16)25-14-12-24-21(22-2)23-11-9-17-5-8-20-18(15-17)10-13-26-20/h3-8,15H,9-14H2,1-2H3,(H2,22,23,24). The molecule has 26 heavy (non-hydrogen) atoms. The Morgan fingerprint density at radius 2 is 1.92 bits per heavy atom. The van der Waals surface area contributed by atoms with Gasteiger partial charge in [0.2, 0.25) is 0 Å². The summed E-state index contributed by atoms with van der Waals surface area (Å²) in [5, 5.41) is 6.62. The fraction of sp³-hybridized carbons (Fsp3) is 0.381. The van der Waals surface area contributed by atoms with E-state index in [-0.39, 0.29) is 0 Å². The Kier molecular flexibility index (Phi) is 6.36. The SMILES string of the molecule is CN=C(NCCOc1ccc(C)cc1)NCCc1ccc2c(c1)CCO2. The Balaban J connectivity index is 1.35. The molecule has 5 nitrogen and oxygen atoms in total. The molecule has 0 aromatic heterocycles. The number of ether oxygens (including phenoxy) is 2. The fourth-order valence-corrected chi connectivity index (χ4v) is 2.91. The Labute approximate surface area is 155 Å². The van der Waals surface area contributed by atoms with E-state index in [0.29, 0.717) is 13.2 Å². The van der Waals surface area contributed by atoms with Gasteiger partial charge in [-0.25, -0.2) is 0 Å². The van der Waals surface area contributed by atoms with Crippen LogP contribution in [-0.4, -0.2) is 39.3 Å². The zero-order valence-corrected chi connectivity index (χ0v) is 15.5. The van der Waals surface area contributed by atoms with E-state index in [1.54, 1.807) is 7.05 Å². The minimum atomic E-state index is 0.592. The lowest BCUT2D eigenvalue weighted by molar-refractivity contribution is 0.322.